The van der Waals surface area contributed by atoms with Crippen LogP contribution in [0.15, 0.2) is 35.2 Å². The second-order valence-electron chi connectivity index (χ2n) is 4.34. The number of hydrogen-bond acceptors (Lipinski definition) is 4. The van der Waals surface area contributed by atoms with Crippen LogP contribution in [0.5, 0.6) is 0 Å². The number of nitrogen functional groups attached to an aromatic ring is 1. The minimum atomic E-state index is -3.71. The van der Waals surface area contributed by atoms with E-state index in [0.29, 0.717) is 27.8 Å². The fourth-order valence-corrected chi connectivity index (χ4v) is 3.34. The molecule has 1 heterocycles. The van der Waals surface area contributed by atoms with Gasteiger partial charge in [0, 0.05) is 5.69 Å². The molecular weight excluding hydrogens is 298 g/mol. The maximum atomic E-state index is 12.4. The Morgan fingerprint density at radius 3 is 2.55 bits per heavy atom. The predicted molar refractivity (Wildman–Crippen MR) is 80.4 cm³/mol. The number of halogens is 1. The first kappa shape index (κ1) is 14.6. The summed E-state index contributed by atoms with van der Waals surface area (Å²) < 4.78 is 27.3. The highest BCUT2D eigenvalue weighted by atomic mass is 35.5. The Bertz CT molecular complexity index is 760. The van der Waals surface area contributed by atoms with E-state index >= 15 is 0 Å². The lowest BCUT2D eigenvalue weighted by Crippen LogP contribution is -2.16. The van der Waals surface area contributed by atoms with Crippen molar-refractivity contribution in [2.75, 3.05) is 10.5 Å². The molecule has 106 valence electrons. The minimum absolute atomic E-state index is 0.145. The SMILES string of the molecule is Cc1nc(Cl)ccc1NS(=O)(=O)c1cccc(N)c1C. The quantitative estimate of drug-likeness (QED) is 0.674. The molecule has 0 radical (unpaired) electrons. The van der Waals surface area contributed by atoms with E-state index in [2.05, 4.69) is 9.71 Å². The Labute approximate surface area is 122 Å². The summed E-state index contributed by atoms with van der Waals surface area (Å²) in [7, 11) is -3.71. The predicted octanol–water partition coefficient (Wildman–Crippen LogP) is 2.73. The number of hydrogen-bond donors (Lipinski definition) is 2. The molecule has 1 aromatic heterocycles. The molecule has 0 aliphatic rings. The number of nitrogens with one attached hydrogen (secondary N) is 1. The Morgan fingerprint density at radius 2 is 1.90 bits per heavy atom. The number of aromatic nitrogens is 1. The third kappa shape index (κ3) is 2.86. The Hall–Kier alpha value is -1.79. The number of rotatable bonds is 3. The normalized spacial score (nSPS) is 11.3. The molecule has 0 spiro atoms. The average Bonchev–Trinajstić information content (AvgIpc) is 2.36. The van der Waals surface area contributed by atoms with E-state index in [-0.39, 0.29) is 4.90 Å². The number of anilines is 2. The van der Waals surface area contributed by atoms with Gasteiger partial charge in [0.25, 0.3) is 10.0 Å². The molecule has 2 aromatic rings. The summed E-state index contributed by atoms with van der Waals surface area (Å²) in [5.74, 6) is 0. The van der Waals surface area contributed by atoms with Gasteiger partial charge in [-0.05, 0) is 43.7 Å². The van der Waals surface area contributed by atoms with Gasteiger partial charge in [0.1, 0.15) is 5.15 Å². The standard InChI is InChI=1S/C13H14ClN3O2S/c1-8-10(15)4-3-5-12(8)20(18,19)17-11-6-7-13(14)16-9(11)2/h3-7,17H,15H2,1-2H3. The van der Waals surface area contributed by atoms with Crippen molar-refractivity contribution in [2.45, 2.75) is 18.7 Å². The van der Waals surface area contributed by atoms with Gasteiger partial charge < -0.3 is 5.73 Å². The van der Waals surface area contributed by atoms with Gasteiger partial charge in [0.05, 0.1) is 16.3 Å². The fourth-order valence-electron chi connectivity index (χ4n) is 1.76. The Balaban J connectivity index is 2.44. The van der Waals surface area contributed by atoms with E-state index in [0.717, 1.165) is 0 Å². The molecule has 3 N–H and O–H groups in total. The van der Waals surface area contributed by atoms with Crippen molar-refractivity contribution < 1.29 is 8.42 Å². The highest BCUT2D eigenvalue weighted by Gasteiger charge is 2.19. The summed E-state index contributed by atoms with van der Waals surface area (Å²) in [6, 6.07) is 7.86. The highest BCUT2D eigenvalue weighted by molar-refractivity contribution is 7.92. The van der Waals surface area contributed by atoms with Crippen LogP contribution in [0.25, 0.3) is 0 Å². The largest absolute Gasteiger partial charge is 0.398 e. The molecule has 5 nitrogen and oxygen atoms in total. The highest BCUT2D eigenvalue weighted by Crippen LogP contribution is 2.24. The summed E-state index contributed by atoms with van der Waals surface area (Å²) >= 11 is 5.75. The monoisotopic (exact) mass is 311 g/mol. The number of nitrogens with two attached hydrogens (primary N) is 1. The second kappa shape index (κ2) is 5.30. The van der Waals surface area contributed by atoms with Crippen LogP contribution in [0.4, 0.5) is 11.4 Å². The number of aryl methyl sites for hydroxylation is 1. The molecule has 0 bridgehead atoms. The average molecular weight is 312 g/mol. The van der Waals surface area contributed by atoms with Crippen LogP contribution < -0.4 is 10.5 Å². The van der Waals surface area contributed by atoms with Crippen molar-refractivity contribution in [1.29, 1.82) is 0 Å². The second-order valence-corrected chi connectivity index (χ2v) is 6.38. The smallest absolute Gasteiger partial charge is 0.262 e. The van der Waals surface area contributed by atoms with Crippen molar-refractivity contribution in [2.24, 2.45) is 0 Å². The first-order chi connectivity index (χ1) is 9.31. The van der Waals surface area contributed by atoms with Gasteiger partial charge in [0.2, 0.25) is 0 Å². The molecule has 2 rings (SSSR count). The van der Waals surface area contributed by atoms with Crippen LogP contribution in [0, 0.1) is 13.8 Å². The van der Waals surface area contributed by atoms with E-state index in [1.807, 2.05) is 0 Å². The van der Waals surface area contributed by atoms with Crippen molar-refractivity contribution in [3.05, 3.63) is 46.7 Å². The van der Waals surface area contributed by atoms with Gasteiger partial charge in [-0.3, -0.25) is 4.72 Å². The lowest BCUT2D eigenvalue weighted by atomic mass is 10.2. The zero-order chi connectivity index (χ0) is 14.9. The van der Waals surface area contributed by atoms with Crippen molar-refractivity contribution in [1.82, 2.24) is 4.98 Å². The van der Waals surface area contributed by atoms with Crippen LogP contribution in [0.2, 0.25) is 5.15 Å². The molecule has 0 aliphatic heterocycles. The van der Waals surface area contributed by atoms with Gasteiger partial charge in [-0.15, -0.1) is 0 Å². The topological polar surface area (TPSA) is 85.1 Å². The number of benzene rings is 1. The van der Waals surface area contributed by atoms with Gasteiger partial charge in [-0.25, -0.2) is 13.4 Å². The van der Waals surface area contributed by atoms with Crippen LogP contribution in [-0.4, -0.2) is 13.4 Å². The fraction of sp³-hybridized carbons (Fsp3) is 0.154. The van der Waals surface area contributed by atoms with Crippen molar-refractivity contribution in [3.63, 3.8) is 0 Å². The summed E-state index contributed by atoms with van der Waals surface area (Å²) in [5, 5.41) is 0.311. The molecule has 0 fully saturated rings. The summed E-state index contributed by atoms with van der Waals surface area (Å²) in [5.41, 5.74) is 7.57. The maximum absolute atomic E-state index is 12.4. The van der Waals surface area contributed by atoms with E-state index < -0.39 is 10.0 Å². The summed E-state index contributed by atoms with van der Waals surface area (Å²) in [6.07, 6.45) is 0. The maximum Gasteiger partial charge on any atom is 0.262 e. The summed E-state index contributed by atoms with van der Waals surface area (Å²) in [4.78, 5) is 4.15. The molecule has 0 aliphatic carbocycles. The number of pyridine rings is 1. The lowest BCUT2D eigenvalue weighted by molar-refractivity contribution is 0.600. The van der Waals surface area contributed by atoms with E-state index in [4.69, 9.17) is 17.3 Å². The van der Waals surface area contributed by atoms with Gasteiger partial charge >= 0.3 is 0 Å². The van der Waals surface area contributed by atoms with Crippen molar-refractivity contribution >= 4 is 33.0 Å². The van der Waals surface area contributed by atoms with Crippen LogP contribution in [0.3, 0.4) is 0 Å². The van der Waals surface area contributed by atoms with Gasteiger partial charge in [-0.1, -0.05) is 17.7 Å². The molecule has 0 saturated carbocycles. The lowest BCUT2D eigenvalue weighted by Gasteiger charge is -2.13. The first-order valence-electron chi connectivity index (χ1n) is 5.82. The van der Waals surface area contributed by atoms with Crippen molar-refractivity contribution in [3.8, 4) is 0 Å². The third-order valence-corrected chi connectivity index (χ3v) is 4.63. The van der Waals surface area contributed by atoms with E-state index in [1.54, 1.807) is 32.0 Å². The molecule has 1 aromatic carbocycles. The molecule has 0 saturated heterocycles. The zero-order valence-electron chi connectivity index (χ0n) is 11.0. The molecule has 0 amide bonds. The Morgan fingerprint density at radius 1 is 1.20 bits per heavy atom. The summed E-state index contributed by atoms with van der Waals surface area (Å²) in [6.45, 7) is 3.34. The van der Waals surface area contributed by atoms with Gasteiger partial charge in [-0.2, -0.15) is 0 Å². The number of sulfonamides is 1. The minimum Gasteiger partial charge on any atom is -0.398 e. The first-order valence-corrected chi connectivity index (χ1v) is 7.68. The molecular formula is C13H14ClN3O2S. The zero-order valence-corrected chi connectivity index (χ0v) is 12.6. The molecule has 0 atom stereocenters. The number of nitrogens with zero attached hydrogens (tertiary/aromatic N) is 1. The molecule has 0 unspecified atom stereocenters. The van der Waals surface area contributed by atoms with Gasteiger partial charge in [0.15, 0.2) is 0 Å². The van der Waals surface area contributed by atoms with Crippen LogP contribution >= 0.6 is 11.6 Å². The third-order valence-electron chi connectivity index (χ3n) is 2.91. The molecule has 7 heteroatoms. The van der Waals surface area contributed by atoms with Crippen LogP contribution in [0.1, 0.15) is 11.3 Å². The van der Waals surface area contributed by atoms with E-state index in [1.165, 1.54) is 12.1 Å². The van der Waals surface area contributed by atoms with Crippen LogP contribution in [-0.2, 0) is 10.0 Å². The molecule has 20 heavy (non-hydrogen) atoms. The van der Waals surface area contributed by atoms with E-state index in [9.17, 15) is 8.42 Å². The Kier molecular flexibility index (Phi) is 3.87.